The molecule has 0 unspecified atom stereocenters. The van der Waals surface area contributed by atoms with Crippen molar-refractivity contribution in [1.82, 2.24) is 0 Å². The van der Waals surface area contributed by atoms with E-state index in [0.29, 0.717) is 11.1 Å². The maximum Gasteiger partial charge on any atom is 0.145 e. The van der Waals surface area contributed by atoms with E-state index in [1.54, 1.807) is 24.3 Å². The number of nitrogens with zero attached hydrogens (tertiary/aromatic N) is 1. The summed E-state index contributed by atoms with van der Waals surface area (Å²) < 4.78 is 32.6. The van der Waals surface area contributed by atoms with Crippen LogP contribution in [0.5, 0.6) is 5.75 Å². The van der Waals surface area contributed by atoms with Crippen LogP contribution in [0.4, 0.5) is 8.78 Å². The minimum absolute atomic E-state index is 0.109. The van der Waals surface area contributed by atoms with Crippen molar-refractivity contribution in [2.24, 2.45) is 0 Å². The zero-order valence-electron chi connectivity index (χ0n) is 13.9. The van der Waals surface area contributed by atoms with Gasteiger partial charge in [0, 0.05) is 17.7 Å². The zero-order chi connectivity index (χ0) is 18.5. The van der Waals surface area contributed by atoms with Crippen LogP contribution in [0.2, 0.25) is 0 Å². The van der Waals surface area contributed by atoms with Crippen molar-refractivity contribution < 1.29 is 13.5 Å². The molecule has 126 valence electrons. The van der Waals surface area contributed by atoms with Crippen LogP contribution in [0.15, 0.2) is 60.7 Å². The van der Waals surface area contributed by atoms with E-state index >= 15 is 0 Å². The molecular weight excluding hydrogens is 332 g/mol. The van der Waals surface area contributed by atoms with Crippen molar-refractivity contribution in [3.63, 3.8) is 0 Å². The van der Waals surface area contributed by atoms with Crippen molar-refractivity contribution in [2.75, 3.05) is 7.11 Å². The van der Waals surface area contributed by atoms with Gasteiger partial charge in [-0.05, 0) is 35.4 Å². The quantitative estimate of drug-likeness (QED) is 0.618. The predicted octanol–water partition coefficient (Wildman–Crippen LogP) is 4.91. The molecule has 3 rings (SSSR count). The SMILES string of the molecule is COc1cc(F)c(C#Cc2ccc(-c3ccc(C#N)cc3)cc2)c(F)c1. The molecule has 3 aromatic carbocycles. The molecule has 0 heterocycles. The molecule has 0 aliphatic rings. The molecule has 0 spiro atoms. The van der Waals surface area contributed by atoms with Crippen LogP contribution in [-0.4, -0.2) is 7.11 Å². The van der Waals surface area contributed by atoms with Gasteiger partial charge in [0.2, 0.25) is 0 Å². The van der Waals surface area contributed by atoms with Crippen molar-refractivity contribution in [2.45, 2.75) is 0 Å². The fraction of sp³-hybridized carbons (Fsp3) is 0.0455. The number of nitriles is 1. The molecule has 0 aliphatic carbocycles. The van der Waals surface area contributed by atoms with Crippen LogP contribution in [0.25, 0.3) is 11.1 Å². The maximum atomic E-state index is 13.9. The average molecular weight is 345 g/mol. The number of rotatable bonds is 2. The molecule has 3 aromatic rings. The largest absolute Gasteiger partial charge is 0.497 e. The molecule has 0 atom stereocenters. The first-order chi connectivity index (χ1) is 12.6. The van der Waals surface area contributed by atoms with Crippen LogP contribution in [-0.2, 0) is 0 Å². The molecule has 0 saturated heterocycles. The summed E-state index contributed by atoms with van der Waals surface area (Å²) in [6.45, 7) is 0. The molecule has 2 nitrogen and oxygen atoms in total. The van der Waals surface area contributed by atoms with Gasteiger partial charge in [-0.2, -0.15) is 5.26 Å². The lowest BCUT2D eigenvalue weighted by molar-refractivity contribution is 0.406. The molecular formula is C22H13F2NO. The van der Waals surface area contributed by atoms with Crippen LogP contribution < -0.4 is 4.74 Å². The Morgan fingerprint density at radius 1 is 0.769 bits per heavy atom. The lowest BCUT2D eigenvalue weighted by Crippen LogP contribution is -1.93. The van der Waals surface area contributed by atoms with Crippen molar-refractivity contribution in [3.05, 3.63) is 89.0 Å². The minimum Gasteiger partial charge on any atom is -0.497 e. The highest BCUT2D eigenvalue weighted by molar-refractivity contribution is 5.65. The molecule has 0 aromatic heterocycles. The van der Waals surface area contributed by atoms with Gasteiger partial charge < -0.3 is 4.74 Å². The second-order valence-corrected chi connectivity index (χ2v) is 5.48. The van der Waals surface area contributed by atoms with Crippen LogP contribution in [0.1, 0.15) is 16.7 Å². The Kier molecular flexibility index (Phi) is 4.97. The highest BCUT2D eigenvalue weighted by atomic mass is 19.1. The van der Waals surface area contributed by atoms with Crippen molar-refractivity contribution in [1.29, 1.82) is 5.26 Å². The summed E-state index contributed by atoms with van der Waals surface area (Å²) in [6, 6.07) is 18.8. The van der Waals surface area contributed by atoms with E-state index < -0.39 is 11.6 Å². The van der Waals surface area contributed by atoms with Gasteiger partial charge in [-0.25, -0.2) is 8.78 Å². The number of benzene rings is 3. The summed E-state index contributed by atoms with van der Waals surface area (Å²) in [5.74, 6) is 3.88. The van der Waals surface area contributed by atoms with Gasteiger partial charge in [0.05, 0.1) is 24.3 Å². The van der Waals surface area contributed by atoms with Gasteiger partial charge >= 0.3 is 0 Å². The average Bonchev–Trinajstić information content (AvgIpc) is 2.67. The summed E-state index contributed by atoms with van der Waals surface area (Å²) in [4.78, 5) is 0. The smallest absolute Gasteiger partial charge is 0.145 e. The second-order valence-electron chi connectivity index (χ2n) is 5.48. The maximum absolute atomic E-state index is 13.9. The van der Waals surface area contributed by atoms with E-state index in [1.165, 1.54) is 7.11 Å². The molecule has 0 N–H and O–H groups in total. The Bertz CT molecular complexity index is 1010. The van der Waals surface area contributed by atoms with E-state index in [1.807, 2.05) is 24.3 Å². The number of ether oxygens (including phenoxy) is 1. The summed E-state index contributed by atoms with van der Waals surface area (Å²) in [5, 5.41) is 8.83. The normalized spacial score (nSPS) is 9.77. The van der Waals surface area contributed by atoms with Gasteiger partial charge in [-0.3, -0.25) is 0 Å². The first-order valence-corrected chi connectivity index (χ1v) is 7.76. The van der Waals surface area contributed by atoms with Gasteiger partial charge in [0.15, 0.2) is 0 Å². The van der Waals surface area contributed by atoms with E-state index in [2.05, 4.69) is 17.9 Å². The lowest BCUT2D eigenvalue weighted by atomic mass is 10.0. The molecule has 4 heteroatoms. The Morgan fingerprint density at radius 3 is 1.73 bits per heavy atom. The highest BCUT2D eigenvalue weighted by Crippen LogP contribution is 2.21. The summed E-state index contributed by atoms with van der Waals surface area (Å²) in [5.41, 5.74) is 2.87. The third-order valence-corrected chi connectivity index (χ3v) is 3.82. The Labute approximate surface area is 150 Å². The van der Waals surface area contributed by atoms with Crippen molar-refractivity contribution in [3.8, 4) is 34.8 Å². The fourth-order valence-corrected chi connectivity index (χ4v) is 2.41. The molecule has 0 bridgehead atoms. The molecule has 0 amide bonds. The number of halogens is 2. The Hall–Kier alpha value is -3.63. The lowest BCUT2D eigenvalue weighted by Gasteiger charge is -2.03. The first-order valence-electron chi connectivity index (χ1n) is 7.76. The predicted molar refractivity (Wildman–Crippen MR) is 95.5 cm³/mol. The standard InChI is InChI=1S/C22H13F2NO/c1-26-19-12-21(23)20(22(24)13-19)11-6-15-2-7-17(8-3-15)18-9-4-16(14-25)5-10-18/h2-5,7-10,12-13H,1H3. The molecule has 0 fully saturated rings. The number of hydrogen-bond donors (Lipinski definition) is 0. The first kappa shape index (κ1) is 17.2. The highest BCUT2D eigenvalue weighted by Gasteiger charge is 2.09. The monoisotopic (exact) mass is 345 g/mol. The van der Waals surface area contributed by atoms with Crippen LogP contribution in [0.3, 0.4) is 0 Å². The van der Waals surface area contributed by atoms with E-state index in [9.17, 15) is 8.78 Å². The molecule has 0 saturated carbocycles. The van der Waals surface area contributed by atoms with Gasteiger partial charge in [-0.1, -0.05) is 36.1 Å². The van der Waals surface area contributed by atoms with Gasteiger partial charge in [-0.15, -0.1) is 0 Å². The van der Waals surface area contributed by atoms with Gasteiger partial charge in [0.1, 0.15) is 17.4 Å². The summed E-state index contributed by atoms with van der Waals surface area (Å²) >= 11 is 0. The zero-order valence-corrected chi connectivity index (χ0v) is 13.9. The number of methoxy groups -OCH3 is 1. The van der Waals surface area contributed by atoms with E-state index in [4.69, 9.17) is 10.00 Å². The van der Waals surface area contributed by atoms with Crippen LogP contribution in [0, 0.1) is 34.8 Å². The van der Waals surface area contributed by atoms with Crippen LogP contribution >= 0.6 is 0 Å². The Morgan fingerprint density at radius 2 is 1.27 bits per heavy atom. The summed E-state index contributed by atoms with van der Waals surface area (Å²) in [7, 11) is 1.34. The minimum atomic E-state index is -0.761. The second kappa shape index (κ2) is 7.51. The fourth-order valence-electron chi connectivity index (χ4n) is 2.41. The topological polar surface area (TPSA) is 33.0 Å². The molecule has 0 radical (unpaired) electrons. The third kappa shape index (κ3) is 3.71. The van der Waals surface area contributed by atoms with E-state index in [-0.39, 0.29) is 11.3 Å². The Balaban J connectivity index is 1.85. The van der Waals surface area contributed by atoms with Crippen molar-refractivity contribution >= 4 is 0 Å². The van der Waals surface area contributed by atoms with E-state index in [0.717, 1.165) is 23.3 Å². The molecule has 0 aliphatic heterocycles. The molecule has 26 heavy (non-hydrogen) atoms. The summed E-state index contributed by atoms with van der Waals surface area (Å²) in [6.07, 6.45) is 0. The third-order valence-electron chi connectivity index (χ3n) is 3.82. The van der Waals surface area contributed by atoms with Gasteiger partial charge in [0.25, 0.3) is 0 Å². The number of hydrogen-bond acceptors (Lipinski definition) is 2.